The van der Waals surface area contributed by atoms with Crippen LogP contribution in [0.2, 0.25) is 0 Å². The van der Waals surface area contributed by atoms with E-state index in [1.165, 1.54) is 6.92 Å². The molecule has 1 rings (SSSR count). The van der Waals surface area contributed by atoms with Crippen molar-refractivity contribution in [3.63, 3.8) is 0 Å². The maximum Gasteiger partial charge on any atom is 0.242 e. The molecular formula is C13H16N2O3S. The van der Waals surface area contributed by atoms with Gasteiger partial charge in [0.05, 0.1) is 11.8 Å². The summed E-state index contributed by atoms with van der Waals surface area (Å²) in [6.07, 6.45) is -0.107. The molecule has 0 aliphatic rings. The van der Waals surface area contributed by atoms with Gasteiger partial charge >= 0.3 is 0 Å². The molecule has 0 bridgehead atoms. The van der Waals surface area contributed by atoms with Gasteiger partial charge in [-0.05, 0) is 25.5 Å². The lowest BCUT2D eigenvalue weighted by Gasteiger charge is -2.13. The van der Waals surface area contributed by atoms with E-state index in [0.717, 1.165) is 5.56 Å². The van der Waals surface area contributed by atoms with E-state index < -0.39 is 21.0 Å². The first-order valence-electron chi connectivity index (χ1n) is 5.83. The molecule has 1 unspecified atom stereocenters. The molecule has 0 spiro atoms. The van der Waals surface area contributed by atoms with Gasteiger partial charge in [0.1, 0.15) is 5.25 Å². The molecule has 1 aromatic rings. The fourth-order valence-corrected chi connectivity index (χ4v) is 2.59. The van der Waals surface area contributed by atoms with Crippen LogP contribution in [0, 0.1) is 18.3 Å². The molecule has 19 heavy (non-hydrogen) atoms. The molecule has 6 heteroatoms. The number of benzene rings is 1. The normalized spacial score (nSPS) is 12.5. The Hall–Kier alpha value is -1.87. The Labute approximate surface area is 113 Å². The number of hydrogen-bond donors (Lipinski definition) is 1. The number of para-hydroxylation sites is 1. The SMILES string of the molecule is Cc1ccccc1NC(=O)C(C)S(=O)(=O)CCC#N. The lowest BCUT2D eigenvalue weighted by atomic mass is 10.2. The minimum Gasteiger partial charge on any atom is -0.325 e. The third kappa shape index (κ3) is 4.07. The van der Waals surface area contributed by atoms with Crippen molar-refractivity contribution in [2.45, 2.75) is 25.5 Å². The molecule has 1 N–H and O–H groups in total. The second kappa shape index (κ2) is 6.34. The van der Waals surface area contributed by atoms with Gasteiger partial charge in [0.15, 0.2) is 9.84 Å². The van der Waals surface area contributed by atoms with E-state index in [9.17, 15) is 13.2 Å². The van der Waals surface area contributed by atoms with Crippen LogP contribution in [0.1, 0.15) is 18.9 Å². The number of hydrogen-bond acceptors (Lipinski definition) is 4. The molecule has 0 saturated heterocycles. The van der Waals surface area contributed by atoms with Gasteiger partial charge in [0.2, 0.25) is 5.91 Å². The Balaban J connectivity index is 2.79. The average molecular weight is 280 g/mol. The Kier molecular flexibility index (Phi) is 5.07. The van der Waals surface area contributed by atoms with E-state index in [4.69, 9.17) is 5.26 Å². The first-order chi connectivity index (χ1) is 8.88. The summed E-state index contributed by atoms with van der Waals surface area (Å²) < 4.78 is 23.6. The minimum atomic E-state index is -3.59. The summed E-state index contributed by atoms with van der Waals surface area (Å²) in [6.45, 7) is 3.16. The zero-order valence-electron chi connectivity index (χ0n) is 10.9. The number of aryl methyl sites for hydroxylation is 1. The number of amides is 1. The Bertz CT molecular complexity index is 603. The van der Waals surface area contributed by atoms with Crippen molar-refractivity contribution >= 4 is 21.4 Å². The van der Waals surface area contributed by atoms with Crippen molar-refractivity contribution in [2.75, 3.05) is 11.1 Å². The Morgan fingerprint density at radius 3 is 2.63 bits per heavy atom. The van der Waals surface area contributed by atoms with Crippen LogP contribution >= 0.6 is 0 Å². The molecular weight excluding hydrogens is 264 g/mol. The van der Waals surface area contributed by atoms with Gasteiger partial charge in [0.25, 0.3) is 0 Å². The van der Waals surface area contributed by atoms with Gasteiger partial charge in [-0.15, -0.1) is 0 Å². The molecule has 1 amide bonds. The molecule has 0 aromatic heterocycles. The zero-order valence-corrected chi connectivity index (χ0v) is 11.7. The number of nitrogens with one attached hydrogen (secondary N) is 1. The molecule has 0 fully saturated rings. The van der Waals surface area contributed by atoms with Gasteiger partial charge in [-0.25, -0.2) is 8.42 Å². The van der Waals surface area contributed by atoms with Crippen molar-refractivity contribution in [1.29, 1.82) is 5.26 Å². The number of nitriles is 1. The lowest BCUT2D eigenvalue weighted by Crippen LogP contribution is -2.34. The van der Waals surface area contributed by atoms with E-state index in [1.807, 2.05) is 19.1 Å². The Morgan fingerprint density at radius 1 is 1.42 bits per heavy atom. The van der Waals surface area contributed by atoms with E-state index >= 15 is 0 Å². The second-order valence-corrected chi connectivity index (χ2v) is 6.66. The van der Waals surface area contributed by atoms with Gasteiger partial charge < -0.3 is 5.32 Å². The molecule has 0 aliphatic heterocycles. The third-order valence-corrected chi connectivity index (χ3v) is 4.87. The standard InChI is InChI=1S/C13H16N2O3S/c1-10-6-3-4-7-12(10)15-13(16)11(2)19(17,18)9-5-8-14/h3-4,6-7,11H,5,9H2,1-2H3,(H,15,16). The summed E-state index contributed by atoms with van der Waals surface area (Å²) in [4.78, 5) is 11.9. The van der Waals surface area contributed by atoms with Crippen LogP contribution in [0.4, 0.5) is 5.69 Å². The average Bonchev–Trinajstić information content (AvgIpc) is 2.38. The summed E-state index contributed by atoms with van der Waals surface area (Å²) in [5.41, 5.74) is 1.45. The monoisotopic (exact) mass is 280 g/mol. The van der Waals surface area contributed by atoms with Crippen LogP contribution in [0.3, 0.4) is 0 Å². The van der Waals surface area contributed by atoms with Crippen molar-refractivity contribution in [1.82, 2.24) is 0 Å². The first kappa shape index (κ1) is 15.2. The first-order valence-corrected chi connectivity index (χ1v) is 7.55. The third-order valence-electron chi connectivity index (χ3n) is 2.81. The molecule has 0 heterocycles. The predicted octanol–water partition coefficient (Wildman–Crippen LogP) is 1.65. The molecule has 1 atom stereocenters. The smallest absolute Gasteiger partial charge is 0.242 e. The van der Waals surface area contributed by atoms with Crippen LogP contribution in [0.5, 0.6) is 0 Å². The van der Waals surface area contributed by atoms with Crippen molar-refractivity contribution in [3.8, 4) is 6.07 Å². The van der Waals surface area contributed by atoms with Gasteiger partial charge in [-0.3, -0.25) is 4.79 Å². The van der Waals surface area contributed by atoms with E-state index in [2.05, 4.69) is 5.32 Å². The topological polar surface area (TPSA) is 87.0 Å². The summed E-state index contributed by atoms with van der Waals surface area (Å²) in [6, 6.07) is 8.89. The second-order valence-electron chi connectivity index (χ2n) is 4.22. The number of carbonyl (C=O) groups excluding carboxylic acids is 1. The van der Waals surface area contributed by atoms with Crippen LogP contribution < -0.4 is 5.32 Å². The fourth-order valence-electron chi connectivity index (χ4n) is 1.48. The van der Waals surface area contributed by atoms with Crippen LogP contribution in [-0.2, 0) is 14.6 Å². The zero-order chi connectivity index (χ0) is 14.5. The van der Waals surface area contributed by atoms with Crippen molar-refractivity contribution < 1.29 is 13.2 Å². The molecule has 102 valence electrons. The highest BCUT2D eigenvalue weighted by atomic mass is 32.2. The largest absolute Gasteiger partial charge is 0.325 e. The maximum atomic E-state index is 11.9. The molecule has 0 radical (unpaired) electrons. The van der Waals surface area contributed by atoms with Crippen LogP contribution in [-0.4, -0.2) is 25.3 Å². The highest BCUT2D eigenvalue weighted by molar-refractivity contribution is 7.92. The fraction of sp³-hybridized carbons (Fsp3) is 0.385. The lowest BCUT2D eigenvalue weighted by molar-refractivity contribution is -0.115. The Morgan fingerprint density at radius 2 is 2.05 bits per heavy atom. The number of nitrogens with zero attached hydrogens (tertiary/aromatic N) is 1. The number of sulfone groups is 1. The van der Waals surface area contributed by atoms with Gasteiger partial charge in [0, 0.05) is 12.1 Å². The molecule has 5 nitrogen and oxygen atoms in total. The summed E-state index contributed by atoms with van der Waals surface area (Å²) in [5.74, 6) is -0.876. The van der Waals surface area contributed by atoms with E-state index in [1.54, 1.807) is 18.2 Å². The summed E-state index contributed by atoms with van der Waals surface area (Å²) >= 11 is 0. The van der Waals surface area contributed by atoms with Crippen LogP contribution in [0.15, 0.2) is 24.3 Å². The predicted molar refractivity (Wildman–Crippen MR) is 73.3 cm³/mol. The van der Waals surface area contributed by atoms with Crippen molar-refractivity contribution in [2.24, 2.45) is 0 Å². The number of rotatable bonds is 5. The van der Waals surface area contributed by atoms with Crippen LogP contribution in [0.25, 0.3) is 0 Å². The maximum absolute atomic E-state index is 11.9. The molecule has 0 saturated carbocycles. The summed E-state index contributed by atoms with van der Waals surface area (Å²) in [7, 11) is -3.59. The molecule has 0 aliphatic carbocycles. The van der Waals surface area contributed by atoms with E-state index in [-0.39, 0.29) is 12.2 Å². The van der Waals surface area contributed by atoms with Crippen molar-refractivity contribution in [3.05, 3.63) is 29.8 Å². The quantitative estimate of drug-likeness (QED) is 0.888. The highest BCUT2D eigenvalue weighted by Gasteiger charge is 2.27. The minimum absolute atomic E-state index is 0.107. The van der Waals surface area contributed by atoms with Gasteiger partial charge in [-0.2, -0.15) is 5.26 Å². The van der Waals surface area contributed by atoms with Gasteiger partial charge in [-0.1, -0.05) is 18.2 Å². The van der Waals surface area contributed by atoms with E-state index in [0.29, 0.717) is 5.69 Å². The number of carbonyl (C=O) groups is 1. The number of anilines is 1. The summed E-state index contributed by atoms with van der Waals surface area (Å²) in [5, 5.41) is 9.83. The highest BCUT2D eigenvalue weighted by Crippen LogP contribution is 2.15. The molecule has 1 aromatic carbocycles.